The minimum absolute atomic E-state index is 0.0547. The van der Waals surface area contributed by atoms with Crippen LogP contribution in [0.1, 0.15) is 43.2 Å². The quantitative estimate of drug-likeness (QED) is 0.901. The maximum absolute atomic E-state index is 12.5. The van der Waals surface area contributed by atoms with Crippen LogP contribution >= 0.6 is 0 Å². The maximum atomic E-state index is 12.5. The number of aromatic nitrogens is 1. The highest BCUT2D eigenvalue weighted by Crippen LogP contribution is 2.38. The van der Waals surface area contributed by atoms with Gasteiger partial charge in [-0.25, -0.2) is 4.98 Å². The van der Waals surface area contributed by atoms with Gasteiger partial charge in [-0.1, -0.05) is 13.8 Å². The predicted octanol–water partition coefficient (Wildman–Crippen LogP) is 1.57. The Morgan fingerprint density at radius 3 is 2.95 bits per heavy atom. The van der Waals surface area contributed by atoms with Gasteiger partial charge in [0.1, 0.15) is 11.4 Å². The second-order valence-electron chi connectivity index (χ2n) is 7.62. The minimum atomic E-state index is -0.0584. The van der Waals surface area contributed by atoms with Crippen molar-refractivity contribution in [1.82, 2.24) is 15.2 Å². The molecule has 2 fully saturated rings. The van der Waals surface area contributed by atoms with Crippen molar-refractivity contribution >= 4 is 5.91 Å². The first-order valence-electron chi connectivity index (χ1n) is 8.12. The van der Waals surface area contributed by atoms with Gasteiger partial charge in [0.25, 0.3) is 5.91 Å². The first-order chi connectivity index (χ1) is 10.4. The Labute approximate surface area is 131 Å². The number of hydrogen-bond acceptors (Lipinski definition) is 4. The average molecular weight is 301 g/mol. The van der Waals surface area contributed by atoms with Crippen LogP contribution in [0.2, 0.25) is 0 Å². The van der Waals surface area contributed by atoms with Crippen LogP contribution in [0.3, 0.4) is 0 Å². The molecule has 0 saturated carbocycles. The summed E-state index contributed by atoms with van der Waals surface area (Å²) in [6.45, 7) is 9.26. The predicted molar refractivity (Wildman–Crippen MR) is 83.2 cm³/mol. The summed E-state index contributed by atoms with van der Waals surface area (Å²) in [5.41, 5.74) is 1.53. The van der Waals surface area contributed by atoms with Crippen LogP contribution in [-0.2, 0) is 5.41 Å². The van der Waals surface area contributed by atoms with E-state index in [0.717, 1.165) is 24.4 Å². The number of piperidine rings is 1. The van der Waals surface area contributed by atoms with E-state index in [1.54, 1.807) is 6.20 Å². The van der Waals surface area contributed by atoms with Crippen molar-refractivity contribution in [3.63, 3.8) is 0 Å². The normalized spacial score (nSPS) is 34.3. The first kappa shape index (κ1) is 14.0. The molecule has 4 rings (SSSR count). The number of ether oxygens (including phenoxy) is 1. The lowest BCUT2D eigenvalue weighted by Gasteiger charge is -2.27. The zero-order valence-corrected chi connectivity index (χ0v) is 13.4. The summed E-state index contributed by atoms with van der Waals surface area (Å²) in [4.78, 5) is 19.3. The minimum Gasteiger partial charge on any atom is -0.491 e. The Morgan fingerprint density at radius 1 is 1.45 bits per heavy atom. The number of nitrogens with zero attached hydrogens (tertiary/aromatic N) is 2. The second kappa shape index (κ2) is 4.69. The molecular formula is C17H23N3O2. The van der Waals surface area contributed by atoms with Crippen LogP contribution in [0.5, 0.6) is 5.75 Å². The van der Waals surface area contributed by atoms with Crippen molar-refractivity contribution in [2.75, 3.05) is 19.7 Å². The standard InChI is InChI=1S/C17H23N3O2/c1-10-4-11-7-20(10)8-14(11)19-16(21)13-5-12-15(6-18-13)22-9-17(12,2)3/h5-6,10-11,14H,4,7-9H2,1-3H3,(H,19,21). The van der Waals surface area contributed by atoms with Gasteiger partial charge in [-0.05, 0) is 25.3 Å². The van der Waals surface area contributed by atoms with Crippen LogP contribution in [0, 0.1) is 5.92 Å². The van der Waals surface area contributed by atoms with E-state index in [-0.39, 0.29) is 17.4 Å². The molecule has 1 aromatic heterocycles. The van der Waals surface area contributed by atoms with Gasteiger partial charge in [-0.2, -0.15) is 0 Å². The summed E-state index contributed by atoms with van der Waals surface area (Å²) < 4.78 is 5.63. The van der Waals surface area contributed by atoms with Crippen molar-refractivity contribution in [2.45, 2.75) is 44.7 Å². The van der Waals surface area contributed by atoms with Crippen molar-refractivity contribution < 1.29 is 9.53 Å². The molecule has 4 atom stereocenters. The van der Waals surface area contributed by atoms with Crippen molar-refractivity contribution in [1.29, 1.82) is 0 Å². The van der Waals surface area contributed by atoms with E-state index in [1.165, 1.54) is 6.42 Å². The Hall–Kier alpha value is -1.62. The molecule has 5 heteroatoms. The highest BCUT2D eigenvalue weighted by Gasteiger charge is 2.43. The molecule has 0 spiro atoms. The van der Waals surface area contributed by atoms with E-state index in [1.807, 2.05) is 6.07 Å². The summed E-state index contributed by atoms with van der Waals surface area (Å²) in [6.07, 6.45) is 2.87. The van der Waals surface area contributed by atoms with Gasteiger partial charge in [0, 0.05) is 36.2 Å². The highest BCUT2D eigenvalue weighted by molar-refractivity contribution is 5.93. The molecule has 2 saturated heterocycles. The van der Waals surface area contributed by atoms with Gasteiger partial charge in [0.05, 0.1) is 12.8 Å². The fraction of sp³-hybridized carbons (Fsp3) is 0.647. The summed E-state index contributed by atoms with van der Waals surface area (Å²) in [7, 11) is 0. The number of fused-ring (bicyclic) bond motifs is 3. The third kappa shape index (κ3) is 2.10. The zero-order valence-electron chi connectivity index (χ0n) is 13.4. The fourth-order valence-corrected chi connectivity index (χ4v) is 4.04. The summed E-state index contributed by atoms with van der Waals surface area (Å²) >= 11 is 0. The number of carbonyl (C=O) groups is 1. The SMILES string of the molecule is CC1CC2CN1CC2NC(=O)c1cc2c(cn1)OCC2(C)C. The molecule has 1 amide bonds. The molecule has 4 heterocycles. The van der Waals surface area contributed by atoms with Gasteiger partial charge in [-0.15, -0.1) is 0 Å². The van der Waals surface area contributed by atoms with Gasteiger partial charge in [-0.3, -0.25) is 9.69 Å². The largest absolute Gasteiger partial charge is 0.491 e. The lowest BCUT2D eigenvalue weighted by atomic mass is 9.87. The van der Waals surface area contributed by atoms with Crippen LogP contribution in [0.25, 0.3) is 0 Å². The molecule has 3 aliphatic heterocycles. The van der Waals surface area contributed by atoms with Gasteiger partial charge in [0.15, 0.2) is 0 Å². The summed E-state index contributed by atoms with van der Waals surface area (Å²) in [5.74, 6) is 1.34. The monoisotopic (exact) mass is 301 g/mol. The molecule has 4 unspecified atom stereocenters. The Kier molecular flexibility index (Phi) is 2.98. The van der Waals surface area contributed by atoms with Gasteiger partial charge >= 0.3 is 0 Å². The Bertz CT molecular complexity index is 626. The first-order valence-corrected chi connectivity index (χ1v) is 8.12. The molecule has 118 valence electrons. The van der Waals surface area contributed by atoms with E-state index in [4.69, 9.17) is 4.74 Å². The van der Waals surface area contributed by atoms with Crippen LogP contribution < -0.4 is 10.1 Å². The molecule has 1 N–H and O–H groups in total. The molecule has 2 bridgehead atoms. The van der Waals surface area contributed by atoms with Crippen molar-refractivity contribution in [3.05, 3.63) is 23.5 Å². The third-order valence-electron chi connectivity index (χ3n) is 5.47. The maximum Gasteiger partial charge on any atom is 0.270 e. The second-order valence-corrected chi connectivity index (χ2v) is 7.62. The van der Waals surface area contributed by atoms with Crippen LogP contribution in [0.4, 0.5) is 0 Å². The van der Waals surface area contributed by atoms with E-state index >= 15 is 0 Å². The number of amides is 1. The van der Waals surface area contributed by atoms with Gasteiger partial charge in [0.2, 0.25) is 0 Å². The molecule has 22 heavy (non-hydrogen) atoms. The van der Waals surface area contributed by atoms with Gasteiger partial charge < -0.3 is 10.1 Å². The molecule has 0 radical (unpaired) electrons. The fourth-order valence-electron chi connectivity index (χ4n) is 4.04. The van der Waals surface area contributed by atoms with Crippen molar-refractivity contribution in [2.24, 2.45) is 5.92 Å². The van der Waals surface area contributed by atoms with E-state index in [2.05, 4.69) is 36.0 Å². The number of rotatable bonds is 2. The molecule has 5 nitrogen and oxygen atoms in total. The van der Waals surface area contributed by atoms with Crippen LogP contribution in [-0.4, -0.2) is 47.6 Å². The zero-order chi connectivity index (χ0) is 15.5. The lowest BCUT2D eigenvalue weighted by molar-refractivity contribution is 0.0913. The number of pyridine rings is 1. The Balaban J connectivity index is 1.50. The smallest absolute Gasteiger partial charge is 0.270 e. The average Bonchev–Trinajstić information content (AvgIpc) is 3.12. The van der Waals surface area contributed by atoms with E-state index in [9.17, 15) is 4.79 Å². The molecule has 0 aliphatic carbocycles. The third-order valence-corrected chi connectivity index (χ3v) is 5.47. The highest BCUT2D eigenvalue weighted by atomic mass is 16.5. The number of nitrogens with one attached hydrogen (secondary N) is 1. The molecule has 3 aliphatic rings. The topological polar surface area (TPSA) is 54.5 Å². The molecule has 0 aromatic carbocycles. The summed E-state index contributed by atoms with van der Waals surface area (Å²) in [5, 5.41) is 3.18. The Morgan fingerprint density at radius 2 is 2.27 bits per heavy atom. The van der Waals surface area contributed by atoms with Crippen LogP contribution in [0.15, 0.2) is 12.3 Å². The molecular weight excluding hydrogens is 278 g/mol. The van der Waals surface area contributed by atoms with E-state index in [0.29, 0.717) is 24.3 Å². The molecule has 1 aromatic rings. The van der Waals surface area contributed by atoms with E-state index < -0.39 is 0 Å². The lowest BCUT2D eigenvalue weighted by Crippen LogP contribution is -2.45. The number of carbonyl (C=O) groups excluding carboxylic acids is 1. The van der Waals surface area contributed by atoms with Crippen molar-refractivity contribution in [3.8, 4) is 5.75 Å². The summed E-state index contributed by atoms with van der Waals surface area (Å²) in [6, 6.07) is 2.82. The number of hydrogen-bond donors (Lipinski definition) is 1.